The number of amides is 1. The zero-order chi connectivity index (χ0) is 11.1. The van der Waals surface area contributed by atoms with Crippen LogP contribution >= 0.6 is 0 Å². The van der Waals surface area contributed by atoms with Gasteiger partial charge in [-0.25, -0.2) is 0 Å². The van der Waals surface area contributed by atoms with Gasteiger partial charge in [0.1, 0.15) is 0 Å². The Morgan fingerprint density at radius 1 is 1.73 bits per heavy atom. The molecule has 15 heavy (non-hydrogen) atoms. The number of carbonyl (C=O) groups excluding carboxylic acids is 1. The van der Waals surface area contributed by atoms with Crippen molar-refractivity contribution >= 4 is 5.91 Å². The Kier molecular flexibility index (Phi) is 2.22. The fourth-order valence-corrected chi connectivity index (χ4v) is 1.69. The molecule has 1 aromatic rings. The zero-order valence-corrected chi connectivity index (χ0v) is 8.69. The Bertz CT molecular complexity index is 360. The first-order valence-corrected chi connectivity index (χ1v) is 4.86. The summed E-state index contributed by atoms with van der Waals surface area (Å²) < 4.78 is 0. The summed E-state index contributed by atoms with van der Waals surface area (Å²) in [7, 11) is 0. The first-order valence-electron chi connectivity index (χ1n) is 4.86. The minimum absolute atomic E-state index is 0.00306. The van der Waals surface area contributed by atoms with Crippen molar-refractivity contribution in [3.8, 4) is 0 Å². The second-order valence-corrected chi connectivity index (χ2v) is 4.45. The van der Waals surface area contributed by atoms with Crippen molar-refractivity contribution in [2.75, 3.05) is 0 Å². The summed E-state index contributed by atoms with van der Waals surface area (Å²) in [4.78, 5) is 11.6. The summed E-state index contributed by atoms with van der Waals surface area (Å²) in [6, 6.07) is -0.00306. The van der Waals surface area contributed by atoms with Crippen LogP contribution in [0.25, 0.3) is 0 Å². The van der Waals surface area contributed by atoms with Gasteiger partial charge in [0.25, 0.3) is 5.91 Å². The maximum atomic E-state index is 11.6. The number of nitrogens with zero attached hydrogens (tertiary/aromatic N) is 2. The summed E-state index contributed by atoms with van der Waals surface area (Å²) in [6.07, 6.45) is 1.62. The van der Waals surface area contributed by atoms with Gasteiger partial charge in [-0.15, -0.1) is 0 Å². The fourth-order valence-electron chi connectivity index (χ4n) is 1.69. The Hall–Kier alpha value is -1.43. The van der Waals surface area contributed by atoms with Crippen LogP contribution in [0, 0.1) is 5.41 Å². The molecule has 2 rings (SSSR count). The van der Waals surface area contributed by atoms with Crippen LogP contribution in [0.5, 0.6) is 0 Å². The molecule has 0 radical (unpaired) electrons. The molecule has 82 valence electrons. The van der Waals surface area contributed by atoms with Gasteiger partial charge in [-0.3, -0.25) is 4.79 Å². The average molecular weight is 210 g/mol. The second-order valence-electron chi connectivity index (χ2n) is 4.45. The molecule has 6 heteroatoms. The van der Waals surface area contributed by atoms with E-state index in [0.717, 1.165) is 0 Å². The highest BCUT2D eigenvalue weighted by Crippen LogP contribution is 2.40. The molecule has 1 aromatic heterocycles. The van der Waals surface area contributed by atoms with Gasteiger partial charge in [-0.1, -0.05) is 13.8 Å². The smallest absolute Gasteiger partial charge is 0.273 e. The number of nitrogens with one attached hydrogen (secondary N) is 2. The van der Waals surface area contributed by atoms with Crippen LogP contribution in [-0.2, 0) is 0 Å². The summed E-state index contributed by atoms with van der Waals surface area (Å²) in [5, 5.41) is 21.9. The monoisotopic (exact) mass is 210 g/mol. The molecule has 0 saturated heterocycles. The minimum Gasteiger partial charge on any atom is -0.392 e. The van der Waals surface area contributed by atoms with Gasteiger partial charge in [0, 0.05) is 11.5 Å². The van der Waals surface area contributed by atoms with Crippen molar-refractivity contribution in [3.05, 3.63) is 11.9 Å². The van der Waals surface area contributed by atoms with E-state index in [1.54, 1.807) is 0 Å². The minimum atomic E-state index is -0.347. The third-order valence-electron chi connectivity index (χ3n) is 3.17. The molecule has 1 fully saturated rings. The molecule has 1 amide bonds. The van der Waals surface area contributed by atoms with Crippen molar-refractivity contribution in [1.29, 1.82) is 0 Å². The van der Waals surface area contributed by atoms with E-state index >= 15 is 0 Å². The van der Waals surface area contributed by atoms with E-state index in [1.807, 2.05) is 13.8 Å². The van der Waals surface area contributed by atoms with Crippen molar-refractivity contribution in [2.45, 2.75) is 32.4 Å². The Balaban J connectivity index is 1.97. The average Bonchev–Trinajstić information content (AvgIpc) is 2.70. The van der Waals surface area contributed by atoms with E-state index in [0.29, 0.717) is 6.42 Å². The molecule has 1 aliphatic carbocycles. The van der Waals surface area contributed by atoms with Gasteiger partial charge in [0.15, 0.2) is 5.69 Å². The van der Waals surface area contributed by atoms with E-state index in [1.165, 1.54) is 6.20 Å². The molecule has 2 unspecified atom stereocenters. The lowest BCUT2D eigenvalue weighted by molar-refractivity contribution is -0.0690. The van der Waals surface area contributed by atoms with Crippen LogP contribution in [0.3, 0.4) is 0 Å². The predicted molar refractivity (Wildman–Crippen MR) is 52.0 cm³/mol. The molecule has 1 saturated carbocycles. The van der Waals surface area contributed by atoms with Crippen LogP contribution < -0.4 is 5.32 Å². The predicted octanol–water partition coefficient (Wildman–Crippen LogP) is -0.306. The lowest BCUT2D eigenvalue weighted by Crippen LogP contribution is -2.61. The van der Waals surface area contributed by atoms with Crippen LogP contribution in [-0.4, -0.2) is 38.6 Å². The molecule has 1 aliphatic rings. The summed E-state index contributed by atoms with van der Waals surface area (Å²) in [5.74, 6) is -0.256. The van der Waals surface area contributed by atoms with Crippen LogP contribution in [0.1, 0.15) is 30.8 Å². The molecule has 1 heterocycles. The lowest BCUT2D eigenvalue weighted by atomic mass is 9.64. The number of hydrogen-bond acceptors (Lipinski definition) is 4. The Morgan fingerprint density at radius 2 is 2.47 bits per heavy atom. The number of aromatic amines is 1. The number of hydrogen-bond donors (Lipinski definition) is 3. The number of carbonyl (C=O) groups is 1. The Morgan fingerprint density at radius 3 is 2.93 bits per heavy atom. The van der Waals surface area contributed by atoms with Gasteiger partial charge in [0.05, 0.1) is 12.3 Å². The highest BCUT2D eigenvalue weighted by Gasteiger charge is 2.48. The van der Waals surface area contributed by atoms with Crippen molar-refractivity contribution in [2.24, 2.45) is 5.41 Å². The van der Waals surface area contributed by atoms with Crippen molar-refractivity contribution in [3.63, 3.8) is 0 Å². The number of H-pyrrole nitrogens is 1. The maximum Gasteiger partial charge on any atom is 0.273 e. The van der Waals surface area contributed by atoms with E-state index in [-0.39, 0.29) is 29.2 Å². The molecule has 2 atom stereocenters. The normalized spacial score (nSPS) is 28.2. The molecule has 0 bridgehead atoms. The molecule has 0 aromatic carbocycles. The number of aliphatic hydroxyl groups excluding tert-OH is 1. The van der Waals surface area contributed by atoms with Crippen LogP contribution in [0.4, 0.5) is 0 Å². The quantitative estimate of drug-likeness (QED) is 0.624. The highest BCUT2D eigenvalue weighted by molar-refractivity contribution is 5.92. The van der Waals surface area contributed by atoms with Crippen molar-refractivity contribution in [1.82, 2.24) is 20.7 Å². The fraction of sp³-hybridized carbons (Fsp3) is 0.667. The number of aliphatic hydroxyl groups is 1. The molecule has 0 spiro atoms. The summed E-state index contributed by atoms with van der Waals surface area (Å²) >= 11 is 0. The van der Waals surface area contributed by atoms with Gasteiger partial charge < -0.3 is 10.4 Å². The van der Waals surface area contributed by atoms with Gasteiger partial charge in [0.2, 0.25) is 0 Å². The highest BCUT2D eigenvalue weighted by atomic mass is 16.3. The lowest BCUT2D eigenvalue weighted by Gasteiger charge is -2.49. The van der Waals surface area contributed by atoms with E-state index in [9.17, 15) is 9.90 Å². The summed E-state index contributed by atoms with van der Waals surface area (Å²) in [5.41, 5.74) is 0.00606. The third-order valence-corrected chi connectivity index (χ3v) is 3.17. The SMILES string of the molecule is CC1(C)C(O)CC1NC(=O)c1cn[nH]n1. The van der Waals surface area contributed by atoms with E-state index in [4.69, 9.17) is 0 Å². The van der Waals surface area contributed by atoms with Gasteiger partial charge >= 0.3 is 0 Å². The zero-order valence-electron chi connectivity index (χ0n) is 8.69. The molecular formula is C9H14N4O2. The van der Waals surface area contributed by atoms with Crippen LogP contribution in [0.15, 0.2) is 6.20 Å². The maximum absolute atomic E-state index is 11.6. The first kappa shape index (κ1) is 10.1. The molecule has 3 N–H and O–H groups in total. The van der Waals surface area contributed by atoms with Crippen molar-refractivity contribution < 1.29 is 9.90 Å². The van der Waals surface area contributed by atoms with Crippen LogP contribution in [0.2, 0.25) is 0 Å². The van der Waals surface area contributed by atoms with E-state index < -0.39 is 0 Å². The largest absolute Gasteiger partial charge is 0.392 e. The number of aromatic nitrogens is 3. The van der Waals surface area contributed by atoms with Gasteiger partial charge in [-0.05, 0) is 6.42 Å². The number of rotatable bonds is 2. The topological polar surface area (TPSA) is 90.9 Å². The molecule has 6 nitrogen and oxygen atoms in total. The standard InChI is InChI=1S/C9H14N4O2/c1-9(2)6(3-7(9)14)11-8(15)5-4-10-13-12-5/h4,6-7,14H,3H2,1-2H3,(H,11,15)(H,10,12,13). The molecule has 0 aliphatic heterocycles. The summed E-state index contributed by atoms with van der Waals surface area (Å²) in [6.45, 7) is 3.85. The second kappa shape index (κ2) is 3.30. The third kappa shape index (κ3) is 1.61. The Labute approximate surface area is 87.1 Å². The first-order chi connectivity index (χ1) is 7.01. The van der Waals surface area contributed by atoms with Gasteiger partial charge in [-0.2, -0.15) is 15.4 Å². The molecular weight excluding hydrogens is 196 g/mol. The van der Waals surface area contributed by atoms with E-state index in [2.05, 4.69) is 20.7 Å².